The molecule has 2 aromatic carbocycles. The third-order valence-corrected chi connectivity index (χ3v) is 5.05. The molecule has 0 atom stereocenters. The third-order valence-electron chi connectivity index (χ3n) is 4.37. The van der Waals surface area contributed by atoms with Crippen LogP contribution in [0.15, 0.2) is 42.5 Å². The third kappa shape index (κ3) is 5.10. The standard InChI is InChI=1S/C22H25Cl2N3O2/c1-21(2,3)20(28)29-16-9-6-14(7-10-16)19-25-17-11-8-15(12-18(17)26-19)22(23,24)13-27(4)5/h6-12H,13H2,1-5H3,(H,25,26). The van der Waals surface area contributed by atoms with Gasteiger partial charge in [-0.25, -0.2) is 4.98 Å². The number of alkyl halides is 2. The molecule has 0 radical (unpaired) electrons. The second kappa shape index (κ2) is 7.98. The van der Waals surface area contributed by atoms with Crippen LogP contribution in [-0.4, -0.2) is 41.5 Å². The lowest BCUT2D eigenvalue weighted by Gasteiger charge is -2.23. The van der Waals surface area contributed by atoms with Gasteiger partial charge in [0.25, 0.3) is 0 Å². The monoisotopic (exact) mass is 433 g/mol. The van der Waals surface area contributed by atoms with Gasteiger partial charge in [0.1, 0.15) is 11.6 Å². The number of fused-ring (bicyclic) bond motifs is 1. The number of halogens is 2. The number of nitrogens with one attached hydrogen (secondary N) is 1. The fraction of sp³-hybridized carbons (Fsp3) is 0.364. The lowest BCUT2D eigenvalue weighted by molar-refractivity contribution is -0.142. The van der Waals surface area contributed by atoms with E-state index in [0.717, 1.165) is 22.2 Å². The molecule has 0 fully saturated rings. The average molecular weight is 434 g/mol. The van der Waals surface area contributed by atoms with Crippen LogP contribution in [0.2, 0.25) is 0 Å². The molecule has 0 unspecified atom stereocenters. The maximum absolute atomic E-state index is 12.0. The number of ether oxygens (including phenoxy) is 1. The van der Waals surface area contributed by atoms with Gasteiger partial charge >= 0.3 is 5.97 Å². The fourth-order valence-electron chi connectivity index (χ4n) is 2.80. The molecule has 3 aromatic rings. The summed E-state index contributed by atoms with van der Waals surface area (Å²) in [5.41, 5.74) is 2.81. The lowest BCUT2D eigenvalue weighted by Crippen LogP contribution is -2.28. The molecule has 29 heavy (non-hydrogen) atoms. The number of esters is 1. The summed E-state index contributed by atoms with van der Waals surface area (Å²) in [7, 11) is 3.85. The molecule has 0 aliphatic heterocycles. The molecule has 0 amide bonds. The Hall–Kier alpha value is -2.08. The smallest absolute Gasteiger partial charge is 0.316 e. The van der Waals surface area contributed by atoms with Gasteiger partial charge in [-0.05, 0) is 76.8 Å². The number of H-pyrrole nitrogens is 1. The van der Waals surface area contributed by atoms with Gasteiger partial charge in [0.15, 0.2) is 4.33 Å². The van der Waals surface area contributed by atoms with Crippen molar-refractivity contribution in [1.82, 2.24) is 14.9 Å². The quantitative estimate of drug-likeness (QED) is 0.333. The lowest BCUT2D eigenvalue weighted by atomic mass is 9.97. The van der Waals surface area contributed by atoms with Gasteiger partial charge in [0, 0.05) is 12.1 Å². The first-order valence-electron chi connectivity index (χ1n) is 9.31. The number of aromatic nitrogens is 2. The highest BCUT2D eigenvalue weighted by Gasteiger charge is 2.28. The number of imidazole rings is 1. The average Bonchev–Trinajstić information content (AvgIpc) is 3.03. The molecular formula is C22H25Cl2N3O2. The van der Waals surface area contributed by atoms with Crippen LogP contribution in [0.4, 0.5) is 0 Å². The van der Waals surface area contributed by atoms with Crippen molar-refractivity contribution in [2.24, 2.45) is 5.41 Å². The molecule has 0 saturated carbocycles. The van der Waals surface area contributed by atoms with Crippen molar-refractivity contribution in [2.45, 2.75) is 25.1 Å². The highest BCUT2D eigenvalue weighted by Crippen LogP contribution is 2.36. The highest BCUT2D eigenvalue weighted by molar-refractivity contribution is 6.48. The number of benzene rings is 2. The van der Waals surface area contributed by atoms with Crippen molar-refractivity contribution in [1.29, 1.82) is 0 Å². The molecule has 1 heterocycles. The molecule has 0 aliphatic carbocycles. The predicted molar refractivity (Wildman–Crippen MR) is 119 cm³/mol. The van der Waals surface area contributed by atoms with Crippen LogP contribution < -0.4 is 4.74 Å². The van der Waals surface area contributed by atoms with Gasteiger partial charge in [-0.1, -0.05) is 29.3 Å². The van der Waals surface area contributed by atoms with E-state index >= 15 is 0 Å². The van der Waals surface area contributed by atoms with E-state index in [-0.39, 0.29) is 5.97 Å². The number of carbonyl (C=O) groups excluding carboxylic acids is 1. The molecular weight excluding hydrogens is 409 g/mol. The van der Waals surface area contributed by atoms with Crippen molar-refractivity contribution in [3.63, 3.8) is 0 Å². The van der Waals surface area contributed by atoms with Crippen LogP contribution in [0.1, 0.15) is 26.3 Å². The summed E-state index contributed by atoms with van der Waals surface area (Å²) < 4.78 is 4.40. The molecule has 0 spiro atoms. The minimum atomic E-state index is -1.01. The Morgan fingerprint density at radius 2 is 1.76 bits per heavy atom. The van der Waals surface area contributed by atoms with Gasteiger partial charge in [0.2, 0.25) is 0 Å². The van der Waals surface area contributed by atoms with Gasteiger partial charge in [-0.15, -0.1) is 0 Å². The largest absolute Gasteiger partial charge is 0.426 e. The zero-order chi connectivity index (χ0) is 21.4. The van der Waals surface area contributed by atoms with Gasteiger partial charge in [0.05, 0.1) is 16.4 Å². The van der Waals surface area contributed by atoms with Crippen LogP contribution >= 0.6 is 23.2 Å². The maximum atomic E-state index is 12.0. The number of likely N-dealkylation sites (N-methyl/N-ethyl adjacent to an activating group) is 1. The first kappa shape index (κ1) is 21.6. The van der Waals surface area contributed by atoms with E-state index < -0.39 is 9.75 Å². The molecule has 0 saturated heterocycles. The molecule has 7 heteroatoms. The first-order valence-corrected chi connectivity index (χ1v) is 10.1. The summed E-state index contributed by atoms with van der Waals surface area (Å²) in [6.45, 7) is 5.96. The molecule has 154 valence electrons. The number of carbonyl (C=O) groups is 1. The van der Waals surface area contributed by atoms with E-state index in [1.165, 1.54) is 0 Å². The summed E-state index contributed by atoms with van der Waals surface area (Å²) in [5.74, 6) is 0.947. The first-order chi connectivity index (χ1) is 13.5. The minimum Gasteiger partial charge on any atom is -0.426 e. The van der Waals surface area contributed by atoms with Gasteiger partial charge in [-0.3, -0.25) is 4.79 Å². The van der Waals surface area contributed by atoms with Crippen LogP contribution in [0.3, 0.4) is 0 Å². The van der Waals surface area contributed by atoms with E-state index in [1.54, 1.807) is 12.1 Å². The van der Waals surface area contributed by atoms with Gasteiger partial charge < -0.3 is 14.6 Å². The molecule has 1 N–H and O–H groups in total. The number of rotatable bonds is 5. The molecule has 0 aliphatic rings. The number of hydrogen-bond donors (Lipinski definition) is 1. The Morgan fingerprint density at radius 1 is 1.10 bits per heavy atom. The van der Waals surface area contributed by atoms with E-state index in [0.29, 0.717) is 18.1 Å². The van der Waals surface area contributed by atoms with E-state index in [4.69, 9.17) is 27.9 Å². The summed E-state index contributed by atoms with van der Waals surface area (Å²) in [4.78, 5) is 21.9. The van der Waals surface area contributed by atoms with Crippen molar-refractivity contribution in [2.75, 3.05) is 20.6 Å². The van der Waals surface area contributed by atoms with Crippen LogP contribution in [0, 0.1) is 5.41 Å². The van der Waals surface area contributed by atoms with Crippen molar-refractivity contribution in [3.8, 4) is 17.1 Å². The van der Waals surface area contributed by atoms with Crippen LogP contribution in [0.25, 0.3) is 22.4 Å². The molecule has 1 aromatic heterocycles. The van der Waals surface area contributed by atoms with Crippen LogP contribution in [0.5, 0.6) is 5.75 Å². The van der Waals surface area contributed by atoms with Crippen molar-refractivity contribution < 1.29 is 9.53 Å². The molecule has 0 bridgehead atoms. The Kier molecular flexibility index (Phi) is 5.95. The summed E-state index contributed by atoms with van der Waals surface area (Å²) in [6.07, 6.45) is 0. The maximum Gasteiger partial charge on any atom is 0.316 e. The Labute approximate surface area is 181 Å². The van der Waals surface area contributed by atoms with E-state index in [2.05, 4.69) is 9.97 Å². The molecule has 5 nitrogen and oxygen atoms in total. The number of hydrogen-bond acceptors (Lipinski definition) is 4. The summed E-state index contributed by atoms with van der Waals surface area (Å²) in [5, 5.41) is 0. The van der Waals surface area contributed by atoms with Crippen molar-refractivity contribution >= 4 is 40.2 Å². The zero-order valence-electron chi connectivity index (χ0n) is 17.2. The zero-order valence-corrected chi connectivity index (χ0v) is 18.7. The highest BCUT2D eigenvalue weighted by atomic mass is 35.5. The van der Waals surface area contributed by atoms with E-state index in [1.807, 2.05) is 70.1 Å². The number of nitrogens with zero attached hydrogens (tertiary/aromatic N) is 2. The fourth-order valence-corrected chi connectivity index (χ4v) is 3.52. The Morgan fingerprint density at radius 3 is 2.34 bits per heavy atom. The van der Waals surface area contributed by atoms with Crippen molar-refractivity contribution in [3.05, 3.63) is 48.0 Å². The number of aromatic amines is 1. The normalized spacial score (nSPS) is 12.6. The predicted octanol–water partition coefficient (Wildman–Crippen LogP) is 5.37. The second-order valence-electron chi connectivity index (χ2n) is 8.42. The Balaban J connectivity index is 1.84. The van der Waals surface area contributed by atoms with E-state index in [9.17, 15) is 4.79 Å². The second-order valence-corrected chi connectivity index (χ2v) is 9.91. The minimum absolute atomic E-state index is 0.273. The summed E-state index contributed by atoms with van der Waals surface area (Å²) in [6, 6.07) is 13.0. The van der Waals surface area contributed by atoms with Crippen LogP contribution in [-0.2, 0) is 9.13 Å². The SMILES string of the molecule is CN(C)CC(Cl)(Cl)c1ccc2nc(-c3ccc(OC(=O)C(C)(C)C)cc3)[nH]c2c1. The Bertz CT molecular complexity index is 1020. The molecule has 3 rings (SSSR count). The van der Waals surface area contributed by atoms with Gasteiger partial charge in [-0.2, -0.15) is 0 Å². The summed E-state index contributed by atoms with van der Waals surface area (Å²) >= 11 is 13.0. The topological polar surface area (TPSA) is 58.2 Å².